The molecule has 0 aliphatic rings. The molecule has 0 saturated carbocycles. The minimum absolute atomic E-state index is 0.219. The maximum Gasteiger partial charge on any atom is 0.124 e. The molecule has 1 nitrogen and oxygen atoms in total. The van der Waals surface area contributed by atoms with Crippen LogP contribution < -0.4 is 5.32 Å². The van der Waals surface area contributed by atoms with Crippen LogP contribution in [-0.2, 0) is 13.0 Å². The normalized spacial score (nSPS) is 12.4. The summed E-state index contributed by atoms with van der Waals surface area (Å²) in [5.41, 5.74) is 2.36. The van der Waals surface area contributed by atoms with E-state index in [9.17, 15) is 4.39 Å². The number of nitrogens with one attached hydrogen (secondary N) is 1. The lowest BCUT2D eigenvalue weighted by Crippen LogP contribution is -2.27. The monoisotopic (exact) mass is 399 g/mol. The van der Waals surface area contributed by atoms with Gasteiger partial charge in [-0.1, -0.05) is 50.1 Å². The van der Waals surface area contributed by atoms with Gasteiger partial charge in [0.1, 0.15) is 5.82 Å². The Morgan fingerprint density at radius 3 is 2.45 bits per heavy atom. The van der Waals surface area contributed by atoms with Gasteiger partial charge in [-0.2, -0.15) is 0 Å². The lowest BCUT2D eigenvalue weighted by atomic mass is 10.1. The molecule has 2 aromatic carbocycles. The van der Waals surface area contributed by atoms with Gasteiger partial charge >= 0.3 is 0 Å². The Morgan fingerprint density at radius 1 is 1.10 bits per heavy atom. The number of hydrogen-bond acceptors (Lipinski definition) is 1. The van der Waals surface area contributed by atoms with Crippen LogP contribution in [0.3, 0.4) is 0 Å². The van der Waals surface area contributed by atoms with Crippen molar-refractivity contribution >= 4 is 31.9 Å². The van der Waals surface area contributed by atoms with Crippen molar-refractivity contribution in [2.45, 2.75) is 25.9 Å². The average molecular weight is 401 g/mol. The number of hydrogen-bond donors (Lipinski definition) is 1. The average Bonchev–Trinajstić information content (AvgIpc) is 2.40. The van der Waals surface area contributed by atoms with Gasteiger partial charge in [-0.3, -0.25) is 0 Å². The third-order valence-corrected chi connectivity index (χ3v) is 4.38. The molecule has 0 amide bonds. The van der Waals surface area contributed by atoms with Crippen molar-refractivity contribution in [1.82, 2.24) is 5.32 Å². The Labute approximate surface area is 135 Å². The predicted octanol–water partition coefficient (Wildman–Crippen LogP) is 5.07. The minimum atomic E-state index is -0.219. The Balaban J connectivity index is 1.88. The Hall–Kier alpha value is -0.710. The summed E-state index contributed by atoms with van der Waals surface area (Å²) in [5, 5.41) is 3.46. The largest absolute Gasteiger partial charge is 0.310 e. The summed E-state index contributed by atoms with van der Waals surface area (Å²) < 4.78 is 14.9. The molecule has 0 fully saturated rings. The Morgan fingerprint density at radius 2 is 1.80 bits per heavy atom. The predicted molar refractivity (Wildman–Crippen MR) is 88.2 cm³/mol. The molecule has 0 bridgehead atoms. The first-order valence-electron chi connectivity index (χ1n) is 6.46. The molecule has 20 heavy (non-hydrogen) atoms. The summed E-state index contributed by atoms with van der Waals surface area (Å²) >= 11 is 6.82. The van der Waals surface area contributed by atoms with Crippen molar-refractivity contribution in [1.29, 1.82) is 0 Å². The maximum atomic E-state index is 13.0. The van der Waals surface area contributed by atoms with Crippen molar-refractivity contribution in [2.24, 2.45) is 0 Å². The summed E-state index contributed by atoms with van der Waals surface area (Å²) in [7, 11) is 0. The van der Waals surface area contributed by atoms with E-state index in [0.717, 1.165) is 27.5 Å². The van der Waals surface area contributed by atoms with Gasteiger partial charge in [0, 0.05) is 21.5 Å². The fourth-order valence-electron chi connectivity index (χ4n) is 2.00. The smallest absolute Gasteiger partial charge is 0.124 e. The number of benzene rings is 2. The van der Waals surface area contributed by atoms with Crippen LogP contribution in [0.5, 0.6) is 0 Å². The Kier molecular flexibility index (Phi) is 5.75. The third-order valence-electron chi connectivity index (χ3n) is 3.11. The topological polar surface area (TPSA) is 12.0 Å². The van der Waals surface area contributed by atoms with E-state index in [1.165, 1.54) is 17.7 Å². The molecular weight excluding hydrogens is 385 g/mol. The molecule has 0 aliphatic carbocycles. The van der Waals surface area contributed by atoms with Gasteiger partial charge in [-0.15, -0.1) is 0 Å². The molecule has 0 aromatic heterocycles. The van der Waals surface area contributed by atoms with E-state index in [1.807, 2.05) is 0 Å². The molecule has 4 heteroatoms. The van der Waals surface area contributed by atoms with Crippen LogP contribution in [0, 0.1) is 5.82 Å². The van der Waals surface area contributed by atoms with Gasteiger partial charge in [0.2, 0.25) is 0 Å². The van der Waals surface area contributed by atoms with Crippen LogP contribution in [0.25, 0.3) is 0 Å². The summed E-state index contributed by atoms with van der Waals surface area (Å²) in [6.45, 7) is 2.87. The Bertz CT molecular complexity index is 569. The fourth-order valence-corrected chi connectivity index (χ4v) is 2.75. The molecule has 2 rings (SSSR count). The molecular formula is C16H16Br2FN. The maximum absolute atomic E-state index is 13.0. The standard InChI is InChI=1S/C16H16Br2FN/c1-11(8-12-2-5-14(17)6-3-12)20-10-13-4-7-15(19)9-16(13)18/h2-7,9,11,20H,8,10H2,1H3. The number of halogens is 3. The van der Waals surface area contributed by atoms with Gasteiger partial charge in [0.05, 0.1) is 0 Å². The first kappa shape index (κ1) is 15.7. The van der Waals surface area contributed by atoms with Crippen LogP contribution >= 0.6 is 31.9 Å². The molecule has 106 valence electrons. The zero-order valence-corrected chi connectivity index (χ0v) is 14.3. The van der Waals surface area contributed by atoms with Gasteiger partial charge in [-0.05, 0) is 48.7 Å². The quantitative estimate of drug-likeness (QED) is 0.738. The van der Waals surface area contributed by atoms with Gasteiger partial charge in [-0.25, -0.2) is 4.39 Å². The summed E-state index contributed by atoms with van der Waals surface area (Å²) in [5.74, 6) is -0.219. The summed E-state index contributed by atoms with van der Waals surface area (Å²) in [6, 6.07) is 13.5. The van der Waals surface area contributed by atoms with Crippen molar-refractivity contribution < 1.29 is 4.39 Å². The minimum Gasteiger partial charge on any atom is -0.310 e. The van der Waals surface area contributed by atoms with E-state index in [0.29, 0.717) is 6.04 Å². The van der Waals surface area contributed by atoms with E-state index in [-0.39, 0.29) is 5.82 Å². The SMILES string of the molecule is CC(Cc1ccc(Br)cc1)NCc1ccc(F)cc1Br. The lowest BCUT2D eigenvalue weighted by molar-refractivity contribution is 0.543. The molecule has 0 heterocycles. The highest BCUT2D eigenvalue weighted by atomic mass is 79.9. The van der Waals surface area contributed by atoms with Crippen LogP contribution in [0.15, 0.2) is 51.4 Å². The molecule has 0 spiro atoms. The van der Waals surface area contributed by atoms with E-state index in [4.69, 9.17) is 0 Å². The van der Waals surface area contributed by atoms with Crippen molar-refractivity contribution in [3.63, 3.8) is 0 Å². The second kappa shape index (κ2) is 7.34. The van der Waals surface area contributed by atoms with Crippen molar-refractivity contribution in [3.8, 4) is 0 Å². The molecule has 2 aromatic rings. The van der Waals surface area contributed by atoms with Crippen molar-refractivity contribution in [3.05, 3.63) is 68.4 Å². The van der Waals surface area contributed by atoms with E-state index in [1.54, 1.807) is 6.07 Å². The first-order chi connectivity index (χ1) is 9.54. The zero-order valence-electron chi connectivity index (χ0n) is 11.2. The molecule has 1 unspecified atom stereocenters. The summed E-state index contributed by atoms with van der Waals surface area (Å²) in [6.07, 6.45) is 0.964. The molecule has 1 N–H and O–H groups in total. The number of rotatable bonds is 5. The lowest BCUT2D eigenvalue weighted by Gasteiger charge is -2.15. The second-order valence-corrected chi connectivity index (χ2v) is 6.62. The third kappa shape index (κ3) is 4.69. The van der Waals surface area contributed by atoms with Gasteiger partial charge < -0.3 is 5.32 Å². The van der Waals surface area contributed by atoms with Gasteiger partial charge in [0.25, 0.3) is 0 Å². The van der Waals surface area contributed by atoms with Crippen LogP contribution in [0.1, 0.15) is 18.1 Å². The molecule has 0 radical (unpaired) electrons. The molecule has 0 aliphatic heterocycles. The first-order valence-corrected chi connectivity index (χ1v) is 8.05. The van der Waals surface area contributed by atoms with Gasteiger partial charge in [0.15, 0.2) is 0 Å². The second-order valence-electron chi connectivity index (χ2n) is 4.85. The summed E-state index contributed by atoms with van der Waals surface area (Å²) in [4.78, 5) is 0. The van der Waals surface area contributed by atoms with Crippen LogP contribution in [-0.4, -0.2) is 6.04 Å². The van der Waals surface area contributed by atoms with Crippen LogP contribution in [0.4, 0.5) is 4.39 Å². The highest BCUT2D eigenvalue weighted by Gasteiger charge is 2.06. The van der Waals surface area contributed by atoms with E-state index in [2.05, 4.69) is 68.4 Å². The molecule has 0 saturated heterocycles. The highest BCUT2D eigenvalue weighted by Crippen LogP contribution is 2.18. The fraction of sp³-hybridized carbons (Fsp3) is 0.250. The zero-order chi connectivity index (χ0) is 14.5. The van der Waals surface area contributed by atoms with E-state index < -0.39 is 0 Å². The van der Waals surface area contributed by atoms with E-state index >= 15 is 0 Å². The highest BCUT2D eigenvalue weighted by molar-refractivity contribution is 9.10. The van der Waals surface area contributed by atoms with Crippen LogP contribution in [0.2, 0.25) is 0 Å². The van der Waals surface area contributed by atoms with Crippen molar-refractivity contribution in [2.75, 3.05) is 0 Å². The molecule has 1 atom stereocenters.